The van der Waals surface area contributed by atoms with Crippen LogP contribution in [0.1, 0.15) is 12.0 Å². The van der Waals surface area contributed by atoms with E-state index in [0.29, 0.717) is 11.4 Å². The molecule has 2 aromatic rings. The lowest BCUT2D eigenvalue weighted by Gasteiger charge is -2.20. The number of nitrogens with one attached hydrogen (secondary N) is 1. The normalized spacial score (nSPS) is 16.4. The van der Waals surface area contributed by atoms with Crippen LogP contribution in [0.15, 0.2) is 53.6 Å². The summed E-state index contributed by atoms with van der Waals surface area (Å²) in [6.07, 6.45) is 0.0998. The third-order valence-electron chi connectivity index (χ3n) is 3.92. The molecule has 0 saturated heterocycles. The first-order chi connectivity index (χ1) is 12.0. The summed E-state index contributed by atoms with van der Waals surface area (Å²) in [6.45, 7) is 1.85. The van der Waals surface area contributed by atoms with Gasteiger partial charge in [0.25, 0.3) is 5.91 Å². The number of hydrogen-bond acceptors (Lipinski definition) is 5. The first-order valence-electron chi connectivity index (χ1n) is 7.78. The highest BCUT2D eigenvalue weighted by Gasteiger charge is 2.35. The summed E-state index contributed by atoms with van der Waals surface area (Å²) in [5, 5.41) is 18.2. The van der Waals surface area contributed by atoms with Gasteiger partial charge in [0.1, 0.15) is 17.5 Å². The summed E-state index contributed by atoms with van der Waals surface area (Å²) in [5.74, 6) is -1.08. The minimum atomic E-state index is -0.728. The minimum Gasteiger partial charge on any atom is -0.506 e. The average molecular weight is 338 g/mol. The molecule has 25 heavy (non-hydrogen) atoms. The predicted octanol–water partition coefficient (Wildman–Crippen LogP) is 1.76. The Balaban J connectivity index is 1.85. The fraction of sp³-hybridized carbons (Fsp3) is 0.167. The Morgan fingerprint density at radius 2 is 1.96 bits per heavy atom. The van der Waals surface area contributed by atoms with Gasteiger partial charge in [0.15, 0.2) is 0 Å². The first kappa shape index (κ1) is 16.5. The van der Waals surface area contributed by atoms with E-state index in [2.05, 4.69) is 10.4 Å². The summed E-state index contributed by atoms with van der Waals surface area (Å²) in [7, 11) is 0. The molecule has 0 saturated carbocycles. The van der Waals surface area contributed by atoms with Crippen LogP contribution in [0.3, 0.4) is 0 Å². The van der Waals surface area contributed by atoms with Gasteiger partial charge in [0.2, 0.25) is 5.91 Å². The number of anilines is 2. The van der Waals surface area contributed by atoms with Gasteiger partial charge in [-0.05, 0) is 36.8 Å². The molecule has 0 aliphatic carbocycles. The SMILES string of the molecule is Cc1ccc(O)c(NC(=O)C2=NN(c3ccccc3)C(C(N)=O)C2)c1. The summed E-state index contributed by atoms with van der Waals surface area (Å²) in [4.78, 5) is 24.2. The number of amides is 2. The number of para-hydroxylation sites is 1. The van der Waals surface area contributed by atoms with Crippen molar-refractivity contribution in [3.63, 3.8) is 0 Å². The number of hydrazone groups is 1. The highest BCUT2D eigenvalue weighted by atomic mass is 16.3. The number of carbonyl (C=O) groups excluding carboxylic acids is 2. The molecule has 7 nitrogen and oxygen atoms in total. The van der Waals surface area contributed by atoms with Crippen molar-refractivity contribution in [2.75, 3.05) is 10.3 Å². The Morgan fingerprint density at radius 3 is 2.64 bits per heavy atom. The minimum absolute atomic E-state index is 0.0380. The number of phenolic OH excluding ortho intramolecular Hbond substituents is 1. The molecule has 3 rings (SSSR count). The number of aryl methyl sites for hydroxylation is 1. The van der Waals surface area contributed by atoms with Crippen LogP contribution < -0.4 is 16.1 Å². The van der Waals surface area contributed by atoms with Crippen molar-refractivity contribution < 1.29 is 14.7 Å². The van der Waals surface area contributed by atoms with Crippen molar-refractivity contribution in [1.29, 1.82) is 0 Å². The molecule has 0 aromatic heterocycles. The molecule has 2 amide bonds. The van der Waals surface area contributed by atoms with Gasteiger partial charge >= 0.3 is 0 Å². The Bertz CT molecular complexity index is 849. The third kappa shape index (κ3) is 3.45. The molecule has 0 fully saturated rings. The van der Waals surface area contributed by atoms with E-state index in [0.717, 1.165) is 5.56 Å². The average Bonchev–Trinajstić information content (AvgIpc) is 3.05. The Kier molecular flexibility index (Phi) is 4.38. The number of rotatable bonds is 4. The monoisotopic (exact) mass is 338 g/mol. The Morgan fingerprint density at radius 1 is 1.24 bits per heavy atom. The van der Waals surface area contributed by atoms with Crippen LogP contribution in [0.5, 0.6) is 5.75 Å². The molecule has 4 N–H and O–H groups in total. The smallest absolute Gasteiger partial charge is 0.272 e. The fourth-order valence-electron chi connectivity index (χ4n) is 2.63. The molecule has 1 aliphatic rings. The van der Waals surface area contributed by atoms with Gasteiger partial charge in [0, 0.05) is 6.42 Å². The number of phenols is 1. The van der Waals surface area contributed by atoms with Gasteiger partial charge in [-0.15, -0.1) is 0 Å². The predicted molar refractivity (Wildman–Crippen MR) is 95.4 cm³/mol. The van der Waals surface area contributed by atoms with E-state index in [-0.39, 0.29) is 17.9 Å². The van der Waals surface area contributed by atoms with E-state index in [1.807, 2.05) is 25.1 Å². The standard InChI is InChI=1S/C18H18N4O3/c1-11-7-8-16(23)13(9-11)20-18(25)14-10-15(17(19)24)22(21-14)12-5-3-2-4-6-12/h2-9,15,23H,10H2,1H3,(H2,19,24)(H,20,25). The number of aromatic hydroxyl groups is 1. The molecule has 0 bridgehead atoms. The molecule has 1 atom stereocenters. The molecule has 7 heteroatoms. The summed E-state index contributed by atoms with van der Waals surface area (Å²) in [6, 6.07) is 13.2. The van der Waals surface area contributed by atoms with Crippen molar-refractivity contribution in [3.8, 4) is 5.75 Å². The van der Waals surface area contributed by atoms with E-state index in [1.165, 1.54) is 11.1 Å². The van der Waals surface area contributed by atoms with E-state index in [4.69, 9.17) is 5.73 Å². The van der Waals surface area contributed by atoms with Crippen LogP contribution in [0, 0.1) is 6.92 Å². The first-order valence-corrected chi connectivity index (χ1v) is 7.78. The second-order valence-corrected chi connectivity index (χ2v) is 5.82. The van der Waals surface area contributed by atoms with Crippen molar-refractivity contribution in [2.45, 2.75) is 19.4 Å². The molecule has 0 spiro atoms. The van der Waals surface area contributed by atoms with Crippen LogP contribution in [0.2, 0.25) is 0 Å². The zero-order chi connectivity index (χ0) is 18.0. The molecule has 1 unspecified atom stereocenters. The lowest BCUT2D eigenvalue weighted by atomic mass is 10.1. The van der Waals surface area contributed by atoms with Crippen LogP contribution in [0.25, 0.3) is 0 Å². The maximum atomic E-state index is 12.5. The summed E-state index contributed by atoms with van der Waals surface area (Å²) < 4.78 is 0. The molecule has 2 aromatic carbocycles. The van der Waals surface area contributed by atoms with E-state index in [9.17, 15) is 14.7 Å². The zero-order valence-corrected chi connectivity index (χ0v) is 13.6. The van der Waals surface area contributed by atoms with Crippen molar-refractivity contribution in [2.24, 2.45) is 10.8 Å². The number of nitrogens with two attached hydrogens (primary N) is 1. The molecular weight excluding hydrogens is 320 g/mol. The molecule has 128 valence electrons. The fourth-order valence-corrected chi connectivity index (χ4v) is 2.63. The molecular formula is C18H18N4O3. The summed E-state index contributed by atoms with van der Waals surface area (Å²) >= 11 is 0. The molecule has 0 radical (unpaired) electrons. The van der Waals surface area contributed by atoms with Crippen molar-refractivity contribution in [1.82, 2.24) is 0 Å². The lowest BCUT2D eigenvalue weighted by Crippen LogP contribution is -2.39. The van der Waals surface area contributed by atoms with E-state index in [1.54, 1.807) is 24.3 Å². The van der Waals surface area contributed by atoms with Gasteiger partial charge in [-0.2, -0.15) is 5.10 Å². The molecule has 1 aliphatic heterocycles. The van der Waals surface area contributed by atoms with Gasteiger partial charge in [0.05, 0.1) is 11.4 Å². The number of carbonyl (C=O) groups is 2. The van der Waals surface area contributed by atoms with Crippen molar-refractivity contribution >= 4 is 28.9 Å². The molecule has 1 heterocycles. The van der Waals surface area contributed by atoms with Crippen molar-refractivity contribution in [3.05, 3.63) is 54.1 Å². The van der Waals surface area contributed by atoms with Gasteiger partial charge in [-0.1, -0.05) is 24.3 Å². The quantitative estimate of drug-likeness (QED) is 0.738. The highest BCUT2D eigenvalue weighted by Crippen LogP contribution is 2.27. The maximum absolute atomic E-state index is 12.5. The Labute approximate surface area is 144 Å². The van der Waals surface area contributed by atoms with Gasteiger partial charge in [-0.25, -0.2) is 0 Å². The van der Waals surface area contributed by atoms with Crippen LogP contribution >= 0.6 is 0 Å². The highest BCUT2D eigenvalue weighted by molar-refractivity contribution is 6.44. The van der Waals surface area contributed by atoms with E-state index < -0.39 is 17.9 Å². The van der Waals surface area contributed by atoms with Crippen LogP contribution in [-0.2, 0) is 9.59 Å². The Hall–Kier alpha value is -3.35. The lowest BCUT2D eigenvalue weighted by molar-refractivity contribution is -0.119. The van der Waals surface area contributed by atoms with Crippen LogP contribution in [-0.4, -0.2) is 28.7 Å². The number of nitrogens with zero attached hydrogens (tertiary/aromatic N) is 2. The second-order valence-electron chi connectivity index (χ2n) is 5.82. The third-order valence-corrected chi connectivity index (χ3v) is 3.92. The number of primary amides is 1. The zero-order valence-electron chi connectivity index (χ0n) is 13.6. The largest absolute Gasteiger partial charge is 0.506 e. The number of benzene rings is 2. The number of hydrogen-bond donors (Lipinski definition) is 3. The topological polar surface area (TPSA) is 108 Å². The maximum Gasteiger partial charge on any atom is 0.272 e. The van der Waals surface area contributed by atoms with E-state index >= 15 is 0 Å². The van der Waals surface area contributed by atoms with Gasteiger partial charge < -0.3 is 16.2 Å². The second kappa shape index (κ2) is 6.64. The van der Waals surface area contributed by atoms with Gasteiger partial charge in [-0.3, -0.25) is 14.6 Å². The summed E-state index contributed by atoms with van der Waals surface area (Å²) in [5.41, 5.74) is 7.49. The van der Waals surface area contributed by atoms with Crippen LogP contribution in [0.4, 0.5) is 11.4 Å².